The van der Waals surface area contributed by atoms with Gasteiger partial charge < -0.3 is 11.1 Å². The van der Waals surface area contributed by atoms with Crippen LogP contribution in [0.15, 0.2) is 29.2 Å². The smallest absolute Gasteiger partial charge is 0.227 e. The number of thioether (sulfide) groups is 1. The topological polar surface area (TPSA) is 55.1 Å². The molecule has 2 unspecified atom stereocenters. The molecule has 1 aromatic carbocycles. The van der Waals surface area contributed by atoms with E-state index in [1.54, 1.807) is 11.8 Å². The Labute approximate surface area is 113 Å². The van der Waals surface area contributed by atoms with Crippen molar-refractivity contribution in [1.29, 1.82) is 0 Å². The van der Waals surface area contributed by atoms with E-state index in [9.17, 15) is 4.79 Å². The Kier molecular flexibility index (Phi) is 4.66. The predicted octanol–water partition coefficient (Wildman–Crippen LogP) is 2.72. The summed E-state index contributed by atoms with van der Waals surface area (Å²) in [6, 6.07) is 7.95. The first kappa shape index (κ1) is 13.4. The summed E-state index contributed by atoms with van der Waals surface area (Å²) in [6.45, 7) is 0.614. The van der Waals surface area contributed by atoms with Gasteiger partial charge in [0.15, 0.2) is 0 Å². The van der Waals surface area contributed by atoms with Gasteiger partial charge in [-0.05, 0) is 49.8 Å². The molecule has 0 bridgehead atoms. The number of hydrogen-bond acceptors (Lipinski definition) is 3. The number of carbonyl (C=O) groups excluding carboxylic acids is 1. The molecule has 1 aromatic rings. The van der Waals surface area contributed by atoms with Crippen LogP contribution in [0.5, 0.6) is 0 Å². The maximum Gasteiger partial charge on any atom is 0.227 e. The molecule has 1 aliphatic carbocycles. The van der Waals surface area contributed by atoms with Crippen LogP contribution in [0.4, 0.5) is 5.69 Å². The molecule has 2 rings (SSSR count). The first-order valence-electron chi connectivity index (χ1n) is 6.39. The molecule has 0 radical (unpaired) electrons. The summed E-state index contributed by atoms with van der Waals surface area (Å²) in [6.07, 6.45) is 5.20. The van der Waals surface area contributed by atoms with Crippen molar-refractivity contribution in [2.24, 2.45) is 17.6 Å². The molecule has 3 nitrogen and oxygen atoms in total. The molecule has 18 heavy (non-hydrogen) atoms. The third-order valence-electron chi connectivity index (χ3n) is 3.64. The quantitative estimate of drug-likeness (QED) is 0.822. The summed E-state index contributed by atoms with van der Waals surface area (Å²) in [7, 11) is 0. The Bertz CT molecular complexity index is 422. The molecule has 0 saturated heterocycles. The lowest BCUT2D eigenvalue weighted by molar-refractivity contribution is -0.120. The van der Waals surface area contributed by atoms with Gasteiger partial charge in [0.25, 0.3) is 0 Å². The second kappa shape index (κ2) is 6.25. The van der Waals surface area contributed by atoms with E-state index in [0.29, 0.717) is 12.5 Å². The summed E-state index contributed by atoms with van der Waals surface area (Å²) in [4.78, 5) is 13.4. The van der Waals surface area contributed by atoms with Crippen molar-refractivity contribution in [3.8, 4) is 0 Å². The van der Waals surface area contributed by atoms with Gasteiger partial charge in [-0.3, -0.25) is 4.79 Å². The number of anilines is 1. The lowest BCUT2D eigenvalue weighted by Gasteiger charge is -2.17. The standard InChI is InChI=1S/C14H20N2OS/c1-18-12-6-3-5-11(8-12)16-14(17)13-7-2-4-10(13)9-15/h3,5-6,8,10,13H,2,4,7,9,15H2,1H3,(H,16,17). The minimum Gasteiger partial charge on any atom is -0.330 e. The first-order valence-corrected chi connectivity index (χ1v) is 7.62. The summed E-state index contributed by atoms with van der Waals surface area (Å²) in [5.74, 6) is 0.572. The van der Waals surface area contributed by atoms with Crippen molar-refractivity contribution in [3.63, 3.8) is 0 Å². The molecule has 0 aromatic heterocycles. The minimum absolute atomic E-state index is 0.0907. The highest BCUT2D eigenvalue weighted by molar-refractivity contribution is 7.98. The van der Waals surface area contributed by atoms with Gasteiger partial charge in [0.05, 0.1) is 0 Å². The Balaban J connectivity index is 2.02. The van der Waals surface area contributed by atoms with E-state index in [-0.39, 0.29) is 11.8 Å². The fourth-order valence-corrected chi connectivity index (χ4v) is 3.06. The van der Waals surface area contributed by atoms with Gasteiger partial charge >= 0.3 is 0 Å². The first-order chi connectivity index (χ1) is 8.74. The van der Waals surface area contributed by atoms with E-state index in [1.165, 1.54) is 0 Å². The van der Waals surface area contributed by atoms with Crippen LogP contribution in [0.1, 0.15) is 19.3 Å². The van der Waals surface area contributed by atoms with Gasteiger partial charge in [-0.15, -0.1) is 11.8 Å². The van der Waals surface area contributed by atoms with E-state index in [4.69, 9.17) is 5.73 Å². The summed E-state index contributed by atoms with van der Waals surface area (Å²) in [5.41, 5.74) is 6.60. The lowest BCUT2D eigenvalue weighted by Crippen LogP contribution is -2.29. The number of hydrogen-bond donors (Lipinski definition) is 2. The van der Waals surface area contributed by atoms with E-state index >= 15 is 0 Å². The molecule has 1 fully saturated rings. The number of amides is 1. The molecule has 4 heteroatoms. The molecular weight excluding hydrogens is 244 g/mol. The van der Waals surface area contributed by atoms with Gasteiger partial charge in [0, 0.05) is 16.5 Å². The van der Waals surface area contributed by atoms with Crippen LogP contribution in [-0.4, -0.2) is 18.7 Å². The lowest BCUT2D eigenvalue weighted by atomic mass is 9.95. The van der Waals surface area contributed by atoms with E-state index in [1.807, 2.05) is 30.5 Å². The molecule has 1 saturated carbocycles. The average Bonchev–Trinajstić information content (AvgIpc) is 2.87. The molecule has 0 aliphatic heterocycles. The van der Waals surface area contributed by atoms with E-state index < -0.39 is 0 Å². The molecule has 1 amide bonds. The highest BCUT2D eigenvalue weighted by Crippen LogP contribution is 2.32. The van der Waals surface area contributed by atoms with Crippen molar-refractivity contribution in [2.75, 3.05) is 18.1 Å². The van der Waals surface area contributed by atoms with Gasteiger partial charge in [-0.2, -0.15) is 0 Å². The zero-order valence-corrected chi connectivity index (χ0v) is 11.5. The SMILES string of the molecule is CSc1cccc(NC(=O)C2CCCC2CN)c1. The second-order valence-electron chi connectivity index (χ2n) is 4.75. The third kappa shape index (κ3) is 3.06. The van der Waals surface area contributed by atoms with Gasteiger partial charge in [-0.1, -0.05) is 12.5 Å². The molecule has 3 N–H and O–H groups in total. The molecule has 0 heterocycles. The van der Waals surface area contributed by atoms with Crippen molar-refractivity contribution < 1.29 is 4.79 Å². The zero-order valence-electron chi connectivity index (χ0n) is 10.7. The van der Waals surface area contributed by atoms with Crippen molar-refractivity contribution in [2.45, 2.75) is 24.2 Å². The molecule has 1 aliphatic rings. The van der Waals surface area contributed by atoms with Gasteiger partial charge in [0.1, 0.15) is 0 Å². The third-order valence-corrected chi connectivity index (χ3v) is 4.36. The summed E-state index contributed by atoms with van der Waals surface area (Å²) < 4.78 is 0. The number of benzene rings is 1. The highest BCUT2D eigenvalue weighted by atomic mass is 32.2. The molecule has 0 spiro atoms. The normalized spacial score (nSPS) is 23.0. The maximum absolute atomic E-state index is 12.2. The Hall–Kier alpha value is -1.00. The minimum atomic E-state index is 0.0907. The van der Waals surface area contributed by atoms with Crippen LogP contribution in [0.25, 0.3) is 0 Å². The monoisotopic (exact) mass is 264 g/mol. The zero-order chi connectivity index (χ0) is 13.0. The Morgan fingerprint density at radius 3 is 3.06 bits per heavy atom. The number of carbonyl (C=O) groups is 1. The van der Waals surface area contributed by atoms with Crippen molar-refractivity contribution in [1.82, 2.24) is 0 Å². The van der Waals surface area contributed by atoms with Crippen molar-refractivity contribution in [3.05, 3.63) is 24.3 Å². The van der Waals surface area contributed by atoms with Gasteiger partial charge in [-0.25, -0.2) is 0 Å². The Morgan fingerprint density at radius 2 is 2.33 bits per heavy atom. The van der Waals surface area contributed by atoms with Crippen LogP contribution >= 0.6 is 11.8 Å². The average molecular weight is 264 g/mol. The number of nitrogens with two attached hydrogens (primary N) is 1. The summed E-state index contributed by atoms with van der Waals surface area (Å²) >= 11 is 1.68. The fourth-order valence-electron chi connectivity index (χ4n) is 2.60. The second-order valence-corrected chi connectivity index (χ2v) is 5.63. The van der Waals surface area contributed by atoms with Crippen LogP contribution < -0.4 is 11.1 Å². The van der Waals surface area contributed by atoms with E-state index in [2.05, 4.69) is 5.32 Å². The Morgan fingerprint density at radius 1 is 1.50 bits per heavy atom. The predicted molar refractivity (Wildman–Crippen MR) is 76.7 cm³/mol. The fraction of sp³-hybridized carbons (Fsp3) is 0.500. The van der Waals surface area contributed by atoms with Crippen LogP contribution in [0.3, 0.4) is 0 Å². The molecular formula is C14H20N2OS. The molecule has 98 valence electrons. The van der Waals surface area contributed by atoms with Crippen LogP contribution in [-0.2, 0) is 4.79 Å². The largest absolute Gasteiger partial charge is 0.330 e. The van der Waals surface area contributed by atoms with E-state index in [0.717, 1.165) is 29.8 Å². The number of rotatable bonds is 4. The highest BCUT2D eigenvalue weighted by Gasteiger charge is 2.31. The van der Waals surface area contributed by atoms with Crippen LogP contribution in [0.2, 0.25) is 0 Å². The molecule has 2 atom stereocenters. The van der Waals surface area contributed by atoms with Gasteiger partial charge in [0.2, 0.25) is 5.91 Å². The maximum atomic E-state index is 12.2. The van der Waals surface area contributed by atoms with Crippen molar-refractivity contribution >= 4 is 23.4 Å². The van der Waals surface area contributed by atoms with Crippen LogP contribution in [0, 0.1) is 11.8 Å². The summed E-state index contributed by atoms with van der Waals surface area (Å²) in [5, 5.41) is 3.02. The number of nitrogens with one attached hydrogen (secondary N) is 1.